The van der Waals surface area contributed by atoms with Crippen LogP contribution in [0.2, 0.25) is 0 Å². The first kappa shape index (κ1) is 16.7. The molecule has 0 saturated carbocycles. The van der Waals surface area contributed by atoms with Crippen LogP contribution in [0.5, 0.6) is 0 Å². The molecule has 0 aromatic carbocycles. The molecule has 0 aromatic heterocycles. The zero-order valence-electron chi connectivity index (χ0n) is 6.19. The van der Waals surface area contributed by atoms with E-state index in [1.54, 1.807) is 0 Å². The quantitative estimate of drug-likeness (QED) is 0.631. The molecule has 94 valence electrons. The molecule has 0 aliphatic heterocycles. The zero-order valence-corrected chi connectivity index (χ0v) is 6.19. The van der Waals surface area contributed by atoms with Crippen LogP contribution in [0.4, 0.5) is 48.6 Å². The van der Waals surface area contributed by atoms with Crippen molar-refractivity contribution < 1.29 is 48.6 Å². The summed E-state index contributed by atoms with van der Waals surface area (Å²) in [7, 11) is 0. The topological polar surface area (TPSA) is 0 Å². The molecule has 0 amide bonds. The van der Waals surface area contributed by atoms with Gasteiger partial charge in [-0.15, -0.1) is 0 Å². The first-order valence-electron chi connectivity index (χ1n) is 2.64. The van der Waals surface area contributed by atoms with Crippen LogP contribution in [0.1, 0.15) is 0 Å². The molecule has 0 bridgehead atoms. The van der Waals surface area contributed by atoms with E-state index in [2.05, 4.69) is 0 Å². The summed E-state index contributed by atoms with van der Waals surface area (Å²) in [6.07, 6.45) is -13.9. The first-order valence-corrected chi connectivity index (χ1v) is 2.64. The summed E-state index contributed by atoms with van der Waals surface area (Å²) in [5.41, 5.74) is 0. The lowest BCUT2D eigenvalue weighted by atomic mass is 10.1. The third-order valence-corrected chi connectivity index (χ3v) is 1.11. The second kappa shape index (κ2) is 3.67. The Kier molecular flexibility index (Phi) is 4.07. The van der Waals surface area contributed by atoms with Gasteiger partial charge in [-0.1, -0.05) is 0 Å². The summed E-state index contributed by atoms with van der Waals surface area (Å²) in [6, 6.07) is 0. The number of rotatable bonds is 1. The first-order chi connectivity index (χ1) is 5.75. The summed E-state index contributed by atoms with van der Waals surface area (Å²) in [6.45, 7) is 0. The van der Waals surface area contributed by atoms with E-state index in [4.69, 9.17) is 0 Å². The van der Waals surface area contributed by atoms with Gasteiger partial charge in [-0.2, -0.15) is 43.9 Å². The standard InChI is InChI=1S/C4F10.FH/c5-1(6,3(9,10)11)2(7,8)4(12,13)14;/h;1H. The van der Waals surface area contributed by atoms with Crippen LogP contribution >= 0.6 is 0 Å². The monoisotopic (exact) mass is 258 g/mol. The van der Waals surface area contributed by atoms with Crippen LogP contribution in [0.3, 0.4) is 0 Å². The molecule has 15 heavy (non-hydrogen) atoms. The number of halogens is 11. The Hall–Kier alpha value is -0.770. The molecule has 0 spiro atoms. The van der Waals surface area contributed by atoms with Crippen LogP contribution in [0.25, 0.3) is 0 Å². The van der Waals surface area contributed by atoms with Crippen LogP contribution in [0.15, 0.2) is 0 Å². The third-order valence-electron chi connectivity index (χ3n) is 1.11. The van der Waals surface area contributed by atoms with Gasteiger partial charge in [0, 0.05) is 0 Å². The molecule has 0 heterocycles. The summed E-state index contributed by atoms with van der Waals surface area (Å²) in [4.78, 5) is 0. The van der Waals surface area contributed by atoms with Gasteiger partial charge in [0.15, 0.2) is 0 Å². The fraction of sp³-hybridized carbons (Fsp3) is 1.00. The lowest BCUT2D eigenvalue weighted by Gasteiger charge is -2.29. The summed E-state index contributed by atoms with van der Waals surface area (Å²) >= 11 is 0. The molecule has 0 aliphatic rings. The van der Waals surface area contributed by atoms with E-state index in [0.29, 0.717) is 0 Å². The van der Waals surface area contributed by atoms with Crippen LogP contribution in [-0.2, 0) is 0 Å². The Morgan fingerprint density at radius 2 is 0.533 bits per heavy atom. The molecule has 0 radical (unpaired) electrons. The van der Waals surface area contributed by atoms with Gasteiger partial charge in [-0.25, -0.2) is 0 Å². The highest BCUT2D eigenvalue weighted by atomic mass is 19.4. The van der Waals surface area contributed by atoms with Crippen molar-refractivity contribution in [3.63, 3.8) is 0 Å². The Bertz CT molecular complexity index is 182. The van der Waals surface area contributed by atoms with Gasteiger partial charge in [0.2, 0.25) is 0 Å². The van der Waals surface area contributed by atoms with Crippen LogP contribution < -0.4 is 0 Å². The zero-order chi connectivity index (χ0) is 12.0. The molecule has 0 N–H and O–H groups in total. The van der Waals surface area contributed by atoms with Crippen LogP contribution in [0, 0.1) is 0 Å². The van der Waals surface area contributed by atoms with E-state index in [9.17, 15) is 43.9 Å². The Morgan fingerprint density at radius 3 is 0.600 bits per heavy atom. The van der Waals surface area contributed by atoms with E-state index in [-0.39, 0.29) is 4.70 Å². The van der Waals surface area contributed by atoms with Gasteiger partial charge >= 0.3 is 24.2 Å². The molecule has 0 unspecified atom stereocenters. The molecule has 0 aliphatic carbocycles. The highest BCUT2D eigenvalue weighted by Crippen LogP contribution is 2.53. The van der Waals surface area contributed by atoms with E-state index >= 15 is 0 Å². The normalized spacial score (nSPS) is 14.8. The minimum absolute atomic E-state index is 0. The number of hydrogen-bond acceptors (Lipinski definition) is 0. The fourth-order valence-electron chi connectivity index (χ4n) is 0.356. The summed E-state index contributed by atoms with van der Waals surface area (Å²) in [5.74, 6) is -14.3. The second-order valence-corrected chi connectivity index (χ2v) is 2.14. The highest BCUT2D eigenvalue weighted by Gasteiger charge is 2.82. The third kappa shape index (κ3) is 2.43. The second-order valence-electron chi connectivity index (χ2n) is 2.14. The van der Waals surface area contributed by atoms with Gasteiger partial charge < -0.3 is 0 Å². The lowest BCUT2D eigenvalue weighted by Crippen LogP contribution is -2.59. The van der Waals surface area contributed by atoms with Crippen molar-refractivity contribution in [3.05, 3.63) is 0 Å². The highest BCUT2D eigenvalue weighted by molar-refractivity contribution is 4.95. The average molecular weight is 258 g/mol. The van der Waals surface area contributed by atoms with Crippen molar-refractivity contribution >= 4 is 0 Å². The van der Waals surface area contributed by atoms with Crippen LogP contribution in [-0.4, -0.2) is 24.2 Å². The largest absolute Gasteiger partial charge is 0.460 e. The van der Waals surface area contributed by atoms with E-state index in [1.807, 2.05) is 0 Å². The molecule has 0 rings (SSSR count). The molecular weight excluding hydrogens is 257 g/mol. The van der Waals surface area contributed by atoms with Gasteiger partial charge in [-0.3, -0.25) is 4.70 Å². The molecule has 11 heteroatoms. The van der Waals surface area contributed by atoms with E-state index in [0.717, 1.165) is 0 Å². The molecule has 0 saturated heterocycles. The Balaban J connectivity index is 0. The van der Waals surface area contributed by atoms with Crippen molar-refractivity contribution in [2.75, 3.05) is 0 Å². The fourth-order valence-corrected chi connectivity index (χ4v) is 0.356. The van der Waals surface area contributed by atoms with Crippen molar-refractivity contribution in [2.45, 2.75) is 24.2 Å². The maximum absolute atomic E-state index is 11.6. The SMILES string of the molecule is F.FC(F)(F)C(F)(F)C(F)(F)C(F)(F)F. The predicted octanol–water partition coefficient (Wildman–Crippen LogP) is 3.53. The van der Waals surface area contributed by atoms with Gasteiger partial charge in [-0.05, 0) is 0 Å². The molecule has 0 fully saturated rings. The van der Waals surface area contributed by atoms with E-state index < -0.39 is 24.2 Å². The maximum Gasteiger partial charge on any atom is 0.460 e. The lowest BCUT2D eigenvalue weighted by molar-refractivity contribution is -0.419. The number of alkyl halides is 10. The smallest absolute Gasteiger partial charge is 0.269 e. The summed E-state index contributed by atoms with van der Waals surface area (Å²) in [5, 5.41) is 0. The number of hydrogen-bond donors (Lipinski definition) is 0. The van der Waals surface area contributed by atoms with Gasteiger partial charge in [0.25, 0.3) is 0 Å². The minimum Gasteiger partial charge on any atom is -0.269 e. The Labute approximate surface area is 74.2 Å². The van der Waals surface area contributed by atoms with Gasteiger partial charge in [0.05, 0.1) is 0 Å². The van der Waals surface area contributed by atoms with Gasteiger partial charge in [0.1, 0.15) is 0 Å². The Morgan fingerprint density at radius 1 is 0.400 bits per heavy atom. The van der Waals surface area contributed by atoms with Crippen molar-refractivity contribution in [2.24, 2.45) is 0 Å². The predicted molar refractivity (Wildman–Crippen MR) is 24.5 cm³/mol. The van der Waals surface area contributed by atoms with Crippen molar-refractivity contribution in [1.82, 2.24) is 0 Å². The molecule has 0 atom stereocenters. The van der Waals surface area contributed by atoms with Crippen molar-refractivity contribution in [1.29, 1.82) is 0 Å². The van der Waals surface area contributed by atoms with Crippen molar-refractivity contribution in [3.8, 4) is 0 Å². The molecule has 0 nitrogen and oxygen atoms in total. The molecular formula is C4HF11. The van der Waals surface area contributed by atoms with E-state index in [1.165, 1.54) is 0 Å². The molecule has 0 aromatic rings. The maximum atomic E-state index is 11.6. The minimum atomic E-state index is -7.14. The average Bonchev–Trinajstić information content (AvgIpc) is 1.81. The summed E-state index contributed by atoms with van der Waals surface area (Å²) < 4.78 is 113.